The average Bonchev–Trinajstić information content (AvgIpc) is 3.16. The molecular weight excluding hydrogens is 741 g/mol. The summed E-state index contributed by atoms with van der Waals surface area (Å²) in [6.07, 6.45) is 28.4. The minimum atomic E-state index is -5.05. The van der Waals surface area contributed by atoms with Crippen molar-refractivity contribution in [2.24, 2.45) is 0 Å². The summed E-state index contributed by atoms with van der Waals surface area (Å²) >= 11 is 0. The van der Waals surface area contributed by atoms with E-state index in [1.165, 1.54) is 148 Å². The van der Waals surface area contributed by atoms with Gasteiger partial charge in [0.05, 0.1) is 19.8 Å². The SMILES string of the molecule is CCCCCCCCCCCCCCCCCCCCCCCCCCCCOCC(COC1OC(CO)C(O)C(OS(=O)(=O)O)C1O)OC(=O)CCCCC. The molecule has 6 unspecified atom stereocenters. The van der Waals surface area contributed by atoms with Crippen molar-refractivity contribution in [1.29, 1.82) is 0 Å². The molecule has 1 saturated heterocycles. The second kappa shape index (κ2) is 36.0. The number of carbonyl (C=O) groups excluding carboxylic acids is 1. The summed E-state index contributed by atoms with van der Waals surface area (Å²) in [5, 5.41) is 30.4. The van der Waals surface area contributed by atoms with Gasteiger partial charge >= 0.3 is 16.4 Å². The van der Waals surface area contributed by atoms with Crippen molar-refractivity contribution in [3.05, 3.63) is 0 Å². The summed E-state index contributed by atoms with van der Waals surface area (Å²) < 4.78 is 58.4. The summed E-state index contributed by atoms with van der Waals surface area (Å²) in [7, 11) is -5.05. The molecule has 1 fully saturated rings. The lowest BCUT2D eigenvalue weighted by Gasteiger charge is -2.41. The van der Waals surface area contributed by atoms with Crippen molar-refractivity contribution >= 4 is 16.4 Å². The Morgan fingerprint density at radius 2 is 1.02 bits per heavy atom. The van der Waals surface area contributed by atoms with Crippen LogP contribution in [0.5, 0.6) is 0 Å². The number of unbranched alkanes of at least 4 members (excludes halogenated alkanes) is 27. The fourth-order valence-electron chi connectivity index (χ4n) is 7.26. The fourth-order valence-corrected chi connectivity index (χ4v) is 7.77. The Morgan fingerprint density at radius 3 is 1.43 bits per heavy atom. The minimum absolute atomic E-state index is 0.0405. The lowest BCUT2D eigenvalue weighted by atomic mass is 9.99. The second-order valence-electron chi connectivity index (χ2n) is 16.0. The molecule has 0 aromatic heterocycles. The maximum atomic E-state index is 12.5. The standard InChI is InChI=1S/C43H84O12S/c1-3-5-7-8-9-10-11-12-13-14-15-16-17-18-19-20-21-22-23-24-25-26-27-28-29-31-33-51-35-37(53-39(45)32-30-6-4-2)36-52-43-41(47)42(55-56(48,49)50)40(46)38(34-44)54-43/h37-38,40-44,46-47H,3-36H2,1-2H3,(H,48,49,50). The number of hydrogen-bond acceptors (Lipinski definition) is 11. The van der Waals surface area contributed by atoms with Crippen LogP contribution in [0.1, 0.15) is 206 Å². The number of ether oxygens (including phenoxy) is 4. The zero-order valence-electron chi connectivity index (χ0n) is 35.5. The summed E-state index contributed by atoms with van der Waals surface area (Å²) in [6.45, 7) is 3.83. The van der Waals surface area contributed by atoms with E-state index < -0.39 is 59.8 Å². The van der Waals surface area contributed by atoms with E-state index in [-0.39, 0.29) is 19.6 Å². The maximum absolute atomic E-state index is 12.5. The predicted octanol–water partition coefficient (Wildman–Crippen LogP) is 9.30. The van der Waals surface area contributed by atoms with E-state index in [0.717, 1.165) is 32.1 Å². The van der Waals surface area contributed by atoms with Crippen LogP contribution in [0.2, 0.25) is 0 Å². The maximum Gasteiger partial charge on any atom is 0.397 e. The summed E-state index contributed by atoms with van der Waals surface area (Å²) in [5.74, 6) is -0.419. The quantitative estimate of drug-likeness (QED) is 0.0262. The van der Waals surface area contributed by atoms with Gasteiger partial charge in [-0.15, -0.1) is 0 Å². The van der Waals surface area contributed by atoms with Crippen LogP contribution in [0, 0.1) is 0 Å². The minimum Gasteiger partial charge on any atom is -0.457 e. The van der Waals surface area contributed by atoms with Gasteiger partial charge in [-0.1, -0.05) is 187 Å². The normalized spacial score (nSPS) is 20.7. The van der Waals surface area contributed by atoms with Crippen molar-refractivity contribution in [2.45, 2.75) is 243 Å². The van der Waals surface area contributed by atoms with Gasteiger partial charge in [-0.2, -0.15) is 8.42 Å². The Morgan fingerprint density at radius 1 is 0.607 bits per heavy atom. The highest BCUT2D eigenvalue weighted by Gasteiger charge is 2.48. The van der Waals surface area contributed by atoms with Crippen LogP contribution in [0.3, 0.4) is 0 Å². The Balaban J connectivity index is 2.11. The summed E-state index contributed by atoms with van der Waals surface area (Å²) in [4.78, 5) is 12.5. The van der Waals surface area contributed by atoms with Crippen LogP contribution in [0.15, 0.2) is 0 Å². The highest BCUT2D eigenvalue weighted by Crippen LogP contribution is 2.26. The van der Waals surface area contributed by atoms with Gasteiger partial charge in [0.2, 0.25) is 0 Å². The molecule has 1 aliphatic heterocycles. The van der Waals surface area contributed by atoms with E-state index in [2.05, 4.69) is 11.1 Å². The van der Waals surface area contributed by atoms with Gasteiger partial charge in [0.25, 0.3) is 0 Å². The Labute approximate surface area is 341 Å². The average molecular weight is 825 g/mol. The van der Waals surface area contributed by atoms with Gasteiger partial charge in [-0.3, -0.25) is 9.35 Å². The molecule has 1 rings (SSSR count). The van der Waals surface area contributed by atoms with Gasteiger partial charge in [0.1, 0.15) is 30.5 Å². The van der Waals surface area contributed by atoms with Crippen LogP contribution in [0.25, 0.3) is 0 Å². The largest absolute Gasteiger partial charge is 0.457 e. The zero-order valence-corrected chi connectivity index (χ0v) is 36.3. The first-order valence-corrected chi connectivity index (χ1v) is 24.2. The predicted molar refractivity (Wildman–Crippen MR) is 221 cm³/mol. The van der Waals surface area contributed by atoms with E-state index in [4.69, 9.17) is 23.5 Å². The third-order valence-corrected chi connectivity index (χ3v) is 11.2. The molecule has 4 N–H and O–H groups in total. The molecule has 0 spiro atoms. The zero-order chi connectivity index (χ0) is 41.1. The topological polar surface area (TPSA) is 178 Å². The number of esters is 1. The van der Waals surface area contributed by atoms with Crippen molar-refractivity contribution in [1.82, 2.24) is 0 Å². The molecular formula is C43H84O12S. The van der Waals surface area contributed by atoms with E-state index in [1.54, 1.807) is 0 Å². The molecule has 0 amide bonds. The van der Waals surface area contributed by atoms with Gasteiger partial charge in [-0.05, 0) is 12.8 Å². The lowest BCUT2D eigenvalue weighted by Crippen LogP contribution is -2.60. The monoisotopic (exact) mass is 825 g/mol. The first-order chi connectivity index (χ1) is 27.1. The molecule has 0 radical (unpaired) electrons. The van der Waals surface area contributed by atoms with Crippen molar-refractivity contribution in [3.8, 4) is 0 Å². The Bertz CT molecular complexity index is 999. The third kappa shape index (κ3) is 29.3. The van der Waals surface area contributed by atoms with Crippen LogP contribution in [-0.4, -0.2) is 97.5 Å². The molecule has 1 heterocycles. The fraction of sp³-hybridized carbons (Fsp3) is 0.977. The molecule has 0 aliphatic carbocycles. The van der Waals surface area contributed by atoms with Crippen molar-refractivity contribution in [2.75, 3.05) is 26.4 Å². The third-order valence-electron chi connectivity index (χ3n) is 10.7. The van der Waals surface area contributed by atoms with E-state index in [0.29, 0.717) is 13.0 Å². The second-order valence-corrected chi connectivity index (χ2v) is 17.1. The number of hydrogen-bond donors (Lipinski definition) is 4. The molecule has 334 valence electrons. The van der Waals surface area contributed by atoms with Gasteiger partial charge < -0.3 is 34.3 Å². The molecule has 6 atom stereocenters. The molecule has 1 aliphatic rings. The number of aliphatic hydroxyl groups excluding tert-OH is 3. The molecule has 56 heavy (non-hydrogen) atoms. The first kappa shape index (κ1) is 53.1. The molecule has 0 bridgehead atoms. The summed E-state index contributed by atoms with van der Waals surface area (Å²) in [6, 6.07) is 0. The highest BCUT2D eigenvalue weighted by atomic mass is 32.3. The van der Waals surface area contributed by atoms with E-state index in [9.17, 15) is 28.5 Å². The van der Waals surface area contributed by atoms with Crippen LogP contribution >= 0.6 is 0 Å². The number of rotatable bonds is 40. The Kier molecular flexibility index (Phi) is 34.1. The summed E-state index contributed by atoms with van der Waals surface area (Å²) in [5.41, 5.74) is 0. The van der Waals surface area contributed by atoms with Crippen LogP contribution in [-0.2, 0) is 38.3 Å². The van der Waals surface area contributed by atoms with Gasteiger partial charge in [0, 0.05) is 13.0 Å². The molecule has 13 heteroatoms. The van der Waals surface area contributed by atoms with Gasteiger partial charge in [0.15, 0.2) is 6.29 Å². The van der Waals surface area contributed by atoms with Crippen LogP contribution < -0.4 is 0 Å². The molecule has 0 aromatic carbocycles. The van der Waals surface area contributed by atoms with E-state index in [1.807, 2.05) is 6.92 Å². The smallest absolute Gasteiger partial charge is 0.397 e. The lowest BCUT2D eigenvalue weighted by molar-refractivity contribution is -0.301. The first-order valence-electron chi connectivity index (χ1n) is 22.8. The highest BCUT2D eigenvalue weighted by molar-refractivity contribution is 7.80. The van der Waals surface area contributed by atoms with Crippen molar-refractivity contribution in [3.63, 3.8) is 0 Å². The van der Waals surface area contributed by atoms with E-state index >= 15 is 0 Å². The number of carbonyl (C=O) groups is 1. The Hall–Kier alpha value is -0.900. The van der Waals surface area contributed by atoms with Crippen LogP contribution in [0.4, 0.5) is 0 Å². The van der Waals surface area contributed by atoms with Crippen molar-refractivity contribution < 1.29 is 56.2 Å². The number of aliphatic hydroxyl groups is 3. The van der Waals surface area contributed by atoms with Gasteiger partial charge in [-0.25, -0.2) is 4.18 Å². The molecule has 0 saturated carbocycles. The molecule has 0 aromatic rings. The molecule has 12 nitrogen and oxygen atoms in total.